The molecule has 1 aromatic carbocycles. The molecule has 82 valence electrons. The summed E-state index contributed by atoms with van der Waals surface area (Å²) in [4.78, 5) is 11.9. The van der Waals surface area contributed by atoms with E-state index in [1.54, 1.807) is 12.1 Å². The van der Waals surface area contributed by atoms with Crippen LogP contribution < -0.4 is 0 Å². The molecule has 3 rings (SSSR count). The highest BCUT2D eigenvalue weighted by Gasteiger charge is 2.26. The number of fused-ring (bicyclic) bond motifs is 2. The van der Waals surface area contributed by atoms with Crippen LogP contribution >= 0.6 is 0 Å². The van der Waals surface area contributed by atoms with Crippen LogP contribution in [-0.2, 0) is 11.2 Å². The van der Waals surface area contributed by atoms with E-state index < -0.39 is 0 Å². The van der Waals surface area contributed by atoms with E-state index in [4.69, 9.17) is 0 Å². The third kappa shape index (κ3) is 1.37. The molecule has 2 heteroatoms. The first-order chi connectivity index (χ1) is 7.75. The lowest BCUT2D eigenvalue weighted by Gasteiger charge is -2.08. The minimum atomic E-state index is 0.299. The summed E-state index contributed by atoms with van der Waals surface area (Å²) in [5, 5.41) is 9.49. The van der Waals surface area contributed by atoms with Crippen molar-refractivity contribution in [3.8, 4) is 5.75 Å². The Kier molecular flexibility index (Phi) is 2.10. The number of carbonyl (C=O) groups is 1. The summed E-state index contributed by atoms with van der Waals surface area (Å²) in [5.41, 5.74) is 4.60. The molecule has 0 saturated heterocycles. The zero-order chi connectivity index (χ0) is 11.1. The molecule has 0 bridgehead atoms. The first-order valence-corrected chi connectivity index (χ1v) is 5.83. The molecule has 0 unspecified atom stereocenters. The maximum Gasteiger partial charge on any atom is 0.159 e. The quantitative estimate of drug-likeness (QED) is 0.721. The molecule has 0 amide bonds. The predicted molar refractivity (Wildman–Crippen MR) is 62.2 cm³/mol. The van der Waals surface area contributed by atoms with E-state index in [9.17, 15) is 9.90 Å². The predicted octanol–water partition coefficient (Wildman–Crippen LogP) is 2.85. The van der Waals surface area contributed by atoms with Crippen molar-refractivity contribution < 1.29 is 9.90 Å². The number of aromatic hydroxyl groups is 1. The third-order valence-electron chi connectivity index (χ3n) is 3.59. The SMILES string of the molecule is O=C1CCc2cc(O)ccc2C2=C1CCC2. The van der Waals surface area contributed by atoms with Gasteiger partial charge in [-0.3, -0.25) is 4.79 Å². The molecule has 2 aliphatic carbocycles. The number of hydrogen-bond donors (Lipinski definition) is 1. The van der Waals surface area contributed by atoms with E-state index in [1.165, 1.54) is 11.1 Å². The van der Waals surface area contributed by atoms with E-state index in [0.717, 1.165) is 36.8 Å². The lowest BCUT2D eigenvalue weighted by atomic mass is 9.97. The number of phenols is 1. The van der Waals surface area contributed by atoms with Crippen molar-refractivity contribution in [1.29, 1.82) is 0 Å². The second-order valence-electron chi connectivity index (χ2n) is 4.58. The van der Waals surface area contributed by atoms with Crippen LogP contribution in [0.5, 0.6) is 5.75 Å². The zero-order valence-corrected chi connectivity index (χ0v) is 9.12. The van der Waals surface area contributed by atoms with Crippen LogP contribution in [0.4, 0.5) is 0 Å². The zero-order valence-electron chi connectivity index (χ0n) is 9.12. The molecule has 2 aliphatic rings. The number of ketones is 1. The van der Waals surface area contributed by atoms with Crippen molar-refractivity contribution >= 4 is 11.4 Å². The maximum absolute atomic E-state index is 11.9. The Balaban J connectivity index is 2.20. The van der Waals surface area contributed by atoms with E-state index in [0.29, 0.717) is 18.0 Å². The van der Waals surface area contributed by atoms with Crippen molar-refractivity contribution in [3.05, 3.63) is 34.9 Å². The van der Waals surface area contributed by atoms with Crippen molar-refractivity contribution in [2.45, 2.75) is 32.1 Å². The lowest BCUT2D eigenvalue weighted by Crippen LogP contribution is -2.00. The summed E-state index contributed by atoms with van der Waals surface area (Å²) in [6, 6.07) is 5.48. The summed E-state index contributed by atoms with van der Waals surface area (Å²) in [6.45, 7) is 0. The minimum Gasteiger partial charge on any atom is -0.508 e. The first-order valence-electron chi connectivity index (χ1n) is 5.83. The van der Waals surface area contributed by atoms with Gasteiger partial charge in [-0.1, -0.05) is 6.07 Å². The summed E-state index contributed by atoms with van der Waals surface area (Å²) in [5.74, 6) is 0.608. The second kappa shape index (κ2) is 3.48. The second-order valence-corrected chi connectivity index (χ2v) is 4.58. The van der Waals surface area contributed by atoms with Gasteiger partial charge < -0.3 is 5.11 Å². The van der Waals surface area contributed by atoms with E-state index >= 15 is 0 Å². The molecule has 0 aromatic heterocycles. The molecular weight excluding hydrogens is 200 g/mol. The third-order valence-corrected chi connectivity index (χ3v) is 3.59. The Labute approximate surface area is 94.6 Å². The van der Waals surface area contributed by atoms with Crippen LogP contribution in [0, 0.1) is 0 Å². The van der Waals surface area contributed by atoms with Gasteiger partial charge in [-0.05, 0) is 60.1 Å². The fourth-order valence-electron chi connectivity index (χ4n) is 2.83. The normalized spacial score (nSPS) is 19.4. The monoisotopic (exact) mass is 214 g/mol. The fourth-order valence-corrected chi connectivity index (χ4v) is 2.83. The van der Waals surface area contributed by atoms with Crippen LogP contribution in [0.15, 0.2) is 23.8 Å². The Bertz CT molecular complexity index is 497. The topological polar surface area (TPSA) is 37.3 Å². The first kappa shape index (κ1) is 9.64. The molecule has 0 fully saturated rings. The van der Waals surface area contributed by atoms with E-state index in [2.05, 4.69) is 0 Å². The van der Waals surface area contributed by atoms with Gasteiger partial charge in [0.1, 0.15) is 5.75 Å². The summed E-state index contributed by atoms with van der Waals surface area (Å²) in [7, 11) is 0. The number of rotatable bonds is 0. The van der Waals surface area contributed by atoms with E-state index in [-0.39, 0.29) is 0 Å². The molecule has 0 atom stereocenters. The molecule has 0 spiro atoms. The Morgan fingerprint density at radius 3 is 2.69 bits per heavy atom. The average Bonchev–Trinajstić information content (AvgIpc) is 2.70. The van der Waals surface area contributed by atoms with Crippen molar-refractivity contribution in [2.75, 3.05) is 0 Å². The number of aryl methyl sites for hydroxylation is 1. The van der Waals surface area contributed by atoms with Gasteiger partial charge in [0, 0.05) is 6.42 Å². The highest BCUT2D eigenvalue weighted by molar-refractivity contribution is 6.04. The van der Waals surface area contributed by atoms with Crippen molar-refractivity contribution in [2.24, 2.45) is 0 Å². The highest BCUT2D eigenvalue weighted by Crippen LogP contribution is 2.39. The summed E-state index contributed by atoms with van der Waals surface area (Å²) < 4.78 is 0. The van der Waals surface area contributed by atoms with Gasteiger partial charge in [0.2, 0.25) is 0 Å². The molecule has 16 heavy (non-hydrogen) atoms. The molecule has 2 nitrogen and oxygen atoms in total. The van der Waals surface area contributed by atoms with Gasteiger partial charge in [-0.25, -0.2) is 0 Å². The van der Waals surface area contributed by atoms with Crippen molar-refractivity contribution in [1.82, 2.24) is 0 Å². The van der Waals surface area contributed by atoms with Gasteiger partial charge in [0.05, 0.1) is 0 Å². The van der Waals surface area contributed by atoms with Crippen LogP contribution in [0.2, 0.25) is 0 Å². The molecule has 0 radical (unpaired) electrons. The summed E-state index contributed by atoms with van der Waals surface area (Å²) >= 11 is 0. The van der Waals surface area contributed by atoms with Gasteiger partial charge >= 0.3 is 0 Å². The van der Waals surface area contributed by atoms with Crippen LogP contribution in [0.25, 0.3) is 5.57 Å². The van der Waals surface area contributed by atoms with Gasteiger partial charge in [0.25, 0.3) is 0 Å². The van der Waals surface area contributed by atoms with Crippen LogP contribution in [0.3, 0.4) is 0 Å². The lowest BCUT2D eigenvalue weighted by molar-refractivity contribution is -0.115. The molecule has 1 N–H and O–H groups in total. The standard InChI is InChI=1S/C14H14O2/c15-10-5-6-11-9(8-10)4-7-14(16)13-3-1-2-12(11)13/h5-6,8,15H,1-4,7H2. The Morgan fingerprint density at radius 2 is 1.81 bits per heavy atom. The minimum absolute atomic E-state index is 0.299. The molecule has 0 aliphatic heterocycles. The molecule has 1 aromatic rings. The Hall–Kier alpha value is -1.57. The highest BCUT2D eigenvalue weighted by atomic mass is 16.3. The molecule has 0 heterocycles. The molecule has 0 saturated carbocycles. The number of hydrogen-bond acceptors (Lipinski definition) is 2. The van der Waals surface area contributed by atoms with Gasteiger partial charge in [-0.15, -0.1) is 0 Å². The van der Waals surface area contributed by atoms with Gasteiger partial charge in [0.15, 0.2) is 5.78 Å². The number of benzene rings is 1. The summed E-state index contributed by atoms with van der Waals surface area (Å²) in [6.07, 6.45) is 4.40. The molecular formula is C14H14O2. The average molecular weight is 214 g/mol. The largest absolute Gasteiger partial charge is 0.508 e. The van der Waals surface area contributed by atoms with E-state index in [1.807, 2.05) is 6.07 Å². The van der Waals surface area contributed by atoms with Gasteiger partial charge in [-0.2, -0.15) is 0 Å². The number of allylic oxidation sites excluding steroid dienone is 2. The number of Topliss-reactive ketones (excluding diaryl/α,β-unsaturated/α-hetero) is 1. The Morgan fingerprint density at radius 1 is 1.00 bits per heavy atom. The smallest absolute Gasteiger partial charge is 0.159 e. The maximum atomic E-state index is 11.9. The fraction of sp³-hybridized carbons (Fsp3) is 0.357. The van der Waals surface area contributed by atoms with Crippen LogP contribution in [-0.4, -0.2) is 10.9 Å². The number of carbonyl (C=O) groups excluding carboxylic acids is 1. The number of phenolic OH excluding ortho intramolecular Hbond substituents is 1. The van der Waals surface area contributed by atoms with Crippen LogP contribution in [0.1, 0.15) is 36.8 Å². The van der Waals surface area contributed by atoms with Crippen molar-refractivity contribution in [3.63, 3.8) is 0 Å².